The third-order valence-electron chi connectivity index (χ3n) is 4.00. The molecule has 1 aliphatic carbocycles. The molecule has 1 aliphatic rings. The Balaban J connectivity index is 1.86. The van der Waals surface area contributed by atoms with Gasteiger partial charge >= 0.3 is 6.18 Å². The van der Waals surface area contributed by atoms with E-state index in [0.717, 1.165) is 37.8 Å². The van der Waals surface area contributed by atoms with Gasteiger partial charge in [-0.3, -0.25) is 4.79 Å². The van der Waals surface area contributed by atoms with Crippen molar-refractivity contribution in [3.63, 3.8) is 0 Å². The zero-order valence-corrected chi connectivity index (χ0v) is 12.5. The van der Waals surface area contributed by atoms with Gasteiger partial charge in [-0.2, -0.15) is 13.2 Å². The van der Waals surface area contributed by atoms with Gasteiger partial charge in [-0.05, 0) is 37.5 Å². The Hall–Kier alpha value is -1.56. The summed E-state index contributed by atoms with van der Waals surface area (Å²) in [5.74, 6) is -0.106. The molecule has 1 fully saturated rings. The first-order valence-electron chi connectivity index (χ1n) is 7.56. The molecule has 0 bridgehead atoms. The number of rotatable bonds is 5. The van der Waals surface area contributed by atoms with Crippen molar-refractivity contribution >= 4 is 5.91 Å². The lowest BCUT2D eigenvalue weighted by molar-refractivity contribution is -0.137. The summed E-state index contributed by atoms with van der Waals surface area (Å²) in [6.07, 6.45) is -0.0581. The van der Waals surface area contributed by atoms with Crippen LogP contribution in [-0.4, -0.2) is 18.5 Å². The molecule has 0 radical (unpaired) electrons. The molecule has 122 valence electrons. The molecule has 3 nitrogen and oxygen atoms in total. The number of carbonyl (C=O) groups is 1. The van der Waals surface area contributed by atoms with Gasteiger partial charge in [0.15, 0.2) is 0 Å². The molecule has 0 saturated heterocycles. The van der Waals surface area contributed by atoms with E-state index in [2.05, 4.69) is 10.6 Å². The van der Waals surface area contributed by atoms with Crippen molar-refractivity contribution in [2.75, 3.05) is 6.54 Å². The van der Waals surface area contributed by atoms with Gasteiger partial charge in [0.1, 0.15) is 0 Å². The van der Waals surface area contributed by atoms with E-state index >= 15 is 0 Å². The summed E-state index contributed by atoms with van der Waals surface area (Å²) in [7, 11) is 0. The molecule has 22 heavy (non-hydrogen) atoms. The third-order valence-corrected chi connectivity index (χ3v) is 4.00. The number of nitrogens with one attached hydrogen (secondary N) is 2. The SMILES string of the molecule is C[C@H](NCC(=O)NC1CCCC1)c1cccc(C(F)(F)F)c1. The van der Waals surface area contributed by atoms with Gasteiger partial charge < -0.3 is 10.6 Å². The summed E-state index contributed by atoms with van der Waals surface area (Å²) in [5.41, 5.74) is -0.155. The number of hydrogen-bond acceptors (Lipinski definition) is 2. The van der Waals surface area contributed by atoms with Gasteiger partial charge in [-0.25, -0.2) is 0 Å². The summed E-state index contributed by atoms with van der Waals surface area (Å²) >= 11 is 0. The molecule has 0 heterocycles. The summed E-state index contributed by atoms with van der Waals surface area (Å²) < 4.78 is 38.1. The Bertz CT molecular complexity index is 510. The fourth-order valence-electron chi connectivity index (χ4n) is 2.70. The highest BCUT2D eigenvalue weighted by atomic mass is 19.4. The number of carbonyl (C=O) groups excluding carboxylic acids is 1. The lowest BCUT2D eigenvalue weighted by Gasteiger charge is -2.17. The Labute approximate surface area is 128 Å². The Morgan fingerprint density at radius 2 is 2.00 bits per heavy atom. The highest BCUT2D eigenvalue weighted by Gasteiger charge is 2.30. The van der Waals surface area contributed by atoms with Gasteiger partial charge in [0, 0.05) is 12.1 Å². The van der Waals surface area contributed by atoms with Gasteiger partial charge in [0.2, 0.25) is 5.91 Å². The van der Waals surface area contributed by atoms with E-state index in [4.69, 9.17) is 0 Å². The van der Waals surface area contributed by atoms with Gasteiger partial charge in [0.05, 0.1) is 12.1 Å². The maximum absolute atomic E-state index is 12.7. The number of alkyl halides is 3. The molecule has 1 atom stereocenters. The van der Waals surface area contributed by atoms with Crippen molar-refractivity contribution < 1.29 is 18.0 Å². The smallest absolute Gasteiger partial charge is 0.352 e. The van der Waals surface area contributed by atoms with Crippen LogP contribution < -0.4 is 10.6 Å². The molecule has 1 amide bonds. The molecule has 0 spiro atoms. The van der Waals surface area contributed by atoms with E-state index in [-0.39, 0.29) is 24.5 Å². The maximum Gasteiger partial charge on any atom is 0.416 e. The molecule has 0 unspecified atom stereocenters. The van der Waals surface area contributed by atoms with Crippen molar-refractivity contribution in [3.8, 4) is 0 Å². The first-order valence-corrected chi connectivity index (χ1v) is 7.56. The fraction of sp³-hybridized carbons (Fsp3) is 0.562. The predicted molar refractivity (Wildman–Crippen MR) is 78.3 cm³/mol. The molecule has 1 aromatic carbocycles. The predicted octanol–water partition coefficient (Wildman–Crippen LogP) is 3.41. The largest absolute Gasteiger partial charge is 0.416 e. The number of amides is 1. The third kappa shape index (κ3) is 4.73. The van der Waals surface area contributed by atoms with Crippen molar-refractivity contribution in [3.05, 3.63) is 35.4 Å². The normalized spacial score (nSPS) is 17.5. The van der Waals surface area contributed by atoms with Gasteiger partial charge in [-0.15, -0.1) is 0 Å². The second-order valence-corrected chi connectivity index (χ2v) is 5.77. The number of benzene rings is 1. The average molecular weight is 314 g/mol. The zero-order valence-electron chi connectivity index (χ0n) is 12.5. The molecule has 0 aromatic heterocycles. The Morgan fingerprint density at radius 1 is 1.32 bits per heavy atom. The van der Waals surface area contributed by atoms with Crippen LogP contribution in [0.15, 0.2) is 24.3 Å². The van der Waals surface area contributed by atoms with E-state index in [1.165, 1.54) is 6.07 Å². The maximum atomic E-state index is 12.7. The van der Waals surface area contributed by atoms with Crippen molar-refractivity contribution in [1.29, 1.82) is 0 Å². The summed E-state index contributed by atoms with van der Waals surface area (Å²) in [6, 6.07) is 5.10. The van der Waals surface area contributed by atoms with Crippen LogP contribution >= 0.6 is 0 Å². The monoisotopic (exact) mass is 314 g/mol. The van der Waals surface area contributed by atoms with E-state index in [1.54, 1.807) is 13.0 Å². The minimum absolute atomic E-state index is 0.105. The van der Waals surface area contributed by atoms with Crippen LogP contribution in [0.2, 0.25) is 0 Å². The van der Waals surface area contributed by atoms with Crippen LogP contribution in [0.4, 0.5) is 13.2 Å². The van der Waals surface area contributed by atoms with Crippen LogP contribution in [-0.2, 0) is 11.0 Å². The molecular formula is C16H21F3N2O. The van der Waals surface area contributed by atoms with Crippen molar-refractivity contribution in [1.82, 2.24) is 10.6 Å². The standard InChI is InChI=1S/C16H21F3N2O/c1-11(12-5-4-6-13(9-12)16(17,18)19)20-10-15(22)21-14-7-2-3-8-14/h4-6,9,11,14,20H,2-3,7-8,10H2,1H3,(H,21,22)/t11-/m0/s1. The van der Waals surface area contributed by atoms with Crippen LogP contribution in [0.5, 0.6) is 0 Å². The van der Waals surface area contributed by atoms with Gasteiger partial charge in [0.25, 0.3) is 0 Å². The lowest BCUT2D eigenvalue weighted by Crippen LogP contribution is -2.39. The molecule has 1 aromatic rings. The summed E-state index contributed by atoms with van der Waals surface area (Å²) in [4.78, 5) is 11.8. The van der Waals surface area contributed by atoms with Crippen molar-refractivity contribution in [2.45, 2.75) is 50.9 Å². The second kappa shape index (κ2) is 7.13. The van der Waals surface area contributed by atoms with E-state index in [0.29, 0.717) is 5.56 Å². The van der Waals surface area contributed by atoms with Crippen molar-refractivity contribution in [2.24, 2.45) is 0 Å². The Morgan fingerprint density at radius 3 is 2.64 bits per heavy atom. The molecule has 1 saturated carbocycles. The minimum atomic E-state index is -4.35. The molecule has 2 rings (SSSR count). The molecule has 6 heteroatoms. The Kier molecular flexibility index (Phi) is 5.45. The fourth-order valence-corrected chi connectivity index (χ4v) is 2.70. The first kappa shape index (κ1) is 16.8. The quantitative estimate of drug-likeness (QED) is 0.874. The van der Waals surface area contributed by atoms with Crippen LogP contribution in [0, 0.1) is 0 Å². The number of hydrogen-bond donors (Lipinski definition) is 2. The van der Waals surface area contributed by atoms with Gasteiger partial charge in [-0.1, -0.05) is 25.0 Å². The number of halogens is 3. The second-order valence-electron chi connectivity index (χ2n) is 5.77. The highest BCUT2D eigenvalue weighted by molar-refractivity contribution is 5.78. The van der Waals surface area contributed by atoms with Crippen LogP contribution in [0.3, 0.4) is 0 Å². The minimum Gasteiger partial charge on any atom is -0.352 e. The van der Waals surface area contributed by atoms with E-state index < -0.39 is 11.7 Å². The molecule has 0 aliphatic heterocycles. The molecule has 2 N–H and O–H groups in total. The highest BCUT2D eigenvalue weighted by Crippen LogP contribution is 2.30. The lowest BCUT2D eigenvalue weighted by atomic mass is 10.0. The topological polar surface area (TPSA) is 41.1 Å². The van der Waals surface area contributed by atoms with Crippen LogP contribution in [0.25, 0.3) is 0 Å². The van der Waals surface area contributed by atoms with E-state index in [1.807, 2.05) is 0 Å². The zero-order chi connectivity index (χ0) is 16.2. The van der Waals surface area contributed by atoms with Crippen LogP contribution in [0.1, 0.15) is 49.8 Å². The first-order chi connectivity index (χ1) is 10.4. The summed E-state index contributed by atoms with van der Waals surface area (Å²) in [5, 5.41) is 5.91. The molecular weight excluding hydrogens is 293 g/mol. The summed E-state index contributed by atoms with van der Waals surface area (Å²) in [6.45, 7) is 1.85. The van der Waals surface area contributed by atoms with E-state index in [9.17, 15) is 18.0 Å². The average Bonchev–Trinajstić information content (AvgIpc) is 2.97.